The first-order chi connectivity index (χ1) is 15.3. The van der Waals surface area contributed by atoms with Crippen LogP contribution < -0.4 is 27.4 Å². The first-order valence-electron chi connectivity index (χ1n) is 9.50. The molecule has 4 amide bonds. The fourth-order valence-electron chi connectivity index (χ4n) is 2.36. The van der Waals surface area contributed by atoms with Crippen molar-refractivity contribution in [1.29, 1.82) is 0 Å². The molecule has 0 aromatic rings. The van der Waals surface area contributed by atoms with E-state index in [1.54, 1.807) is 0 Å². The molecule has 4 unspecified atom stereocenters. The number of carbonyl (C=O) groups is 7. The zero-order chi connectivity index (χ0) is 25.7. The molecular weight excluding hydrogens is 466 g/mol. The number of rotatable bonds is 16. The van der Waals surface area contributed by atoms with E-state index >= 15 is 0 Å². The number of hydrogen-bond acceptors (Lipinski definition) is 9. The van der Waals surface area contributed by atoms with Gasteiger partial charge in [0, 0.05) is 18.6 Å². The van der Waals surface area contributed by atoms with Crippen molar-refractivity contribution in [2.75, 3.05) is 5.75 Å². The fourth-order valence-corrected chi connectivity index (χ4v) is 2.61. The first-order valence-corrected chi connectivity index (χ1v) is 10.1. The van der Waals surface area contributed by atoms with Gasteiger partial charge < -0.3 is 42.7 Å². The van der Waals surface area contributed by atoms with Crippen LogP contribution in [0.1, 0.15) is 32.1 Å². The molecule has 0 fully saturated rings. The molecule has 10 N–H and O–H groups in total. The highest BCUT2D eigenvalue weighted by molar-refractivity contribution is 7.80. The molecule has 15 nitrogen and oxygen atoms in total. The minimum absolute atomic E-state index is 0.129. The third-order valence-corrected chi connectivity index (χ3v) is 4.49. The number of amides is 4. The summed E-state index contributed by atoms with van der Waals surface area (Å²) in [5.74, 6) is -8.36. The van der Waals surface area contributed by atoms with Crippen LogP contribution in [0.3, 0.4) is 0 Å². The number of carboxylic acid groups (broad SMARTS) is 3. The van der Waals surface area contributed by atoms with E-state index in [9.17, 15) is 33.6 Å². The quantitative estimate of drug-likeness (QED) is 0.0947. The highest BCUT2D eigenvalue weighted by atomic mass is 32.1. The molecule has 0 aromatic carbocycles. The smallest absolute Gasteiger partial charge is 0.326 e. The lowest BCUT2D eigenvalue weighted by Gasteiger charge is -2.24. The summed E-state index contributed by atoms with van der Waals surface area (Å²) in [6.45, 7) is 0. The third kappa shape index (κ3) is 12.3. The van der Waals surface area contributed by atoms with E-state index in [0.29, 0.717) is 0 Å². The van der Waals surface area contributed by atoms with E-state index in [1.807, 2.05) is 5.32 Å². The van der Waals surface area contributed by atoms with Gasteiger partial charge in [-0.15, -0.1) is 0 Å². The molecule has 0 aliphatic heterocycles. The van der Waals surface area contributed by atoms with Gasteiger partial charge in [0.2, 0.25) is 23.6 Å². The summed E-state index contributed by atoms with van der Waals surface area (Å²) >= 11 is 3.89. The normalized spacial score (nSPS) is 14.1. The van der Waals surface area contributed by atoms with Crippen molar-refractivity contribution in [2.45, 2.75) is 56.3 Å². The first kappa shape index (κ1) is 29.6. The summed E-state index contributed by atoms with van der Waals surface area (Å²) < 4.78 is 0. The Morgan fingerprint density at radius 1 is 0.727 bits per heavy atom. The lowest BCUT2D eigenvalue weighted by atomic mass is 10.1. The fraction of sp³-hybridized carbons (Fsp3) is 0.588. The minimum atomic E-state index is -1.78. The Labute approximate surface area is 193 Å². The Balaban J connectivity index is 5.31. The van der Waals surface area contributed by atoms with Crippen LogP contribution in [-0.4, -0.2) is 86.8 Å². The average Bonchev–Trinajstić information content (AvgIpc) is 2.71. The van der Waals surface area contributed by atoms with Gasteiger partial charge >= 0.3 is 17.9 Å². The van der Waals surface area contributed by atoms with E-state index in [0.717, 1.165) is 0 Å². The van der Waals surface area contributed by atoms with Gasteiger partial charge in [-0.3, -0.25) is 28.8 Å². The second-order valence-electron chi connectivity index (χ2n) is 6.85. The summed E-state index contributed by atoms with van der Waals surface area (Å²) in [5.41, 5.74) is 10.6. The van der Waals surface area contributed by atoms with E-state index in [1.165, 1.54) is 0 Å². The van der Waals surface area contributed by atoms with Gasteiger partial charge in [-0.2, -0.15) is 12.6 Å². The van der Waals surface area contributed by atoms with E-state index in [2.05, 4.69) is 23.3 Å². The highest BCUT2D eigenvalue weighted by Crippen LogP contribution is 2.03. The van der Waals surface area contributed by atoms with E-state index in [-0.39, 0.29) is 25.0 Å². The van der Waals surface area contributed by atoms with Crippen molar-refractivity contribution >= 4 is 54.2 Å². The maximum atomic E-state index is 12.6. The zero-order valence-electron chi connectivity index (χ0n) is 17.4. The Bertz CT molecular complexity index is 777. The molecule has 0 aliphatic carbocycles. The lowest BCUT2D eigenvalue weighted by molar-refractivity contribution is -0.147. The molecule has 0 saturated carbocycles. The molecule has 0 radical (unpaired) electrons. The molecule has 0 aliphatic rings. The van der Waals surface area contributed by atoms with Gasteiger partial charge in [0.15, 0.2) is 0 Å². The standard InChI is InChI=1S/C17H27N5O10S/c18-7(1-3-11(19)23)14(28)20-8(2-4-12(24)25)15(29)22-10(6-33)16(30)21-9(17(31)32)5-13(26)27/h7-10,33H,1-6,18H2,(H2,19,23)(H,20,28)(H,21,30)(H,22,29)(H,24,25)(H,26,27)(H,31,32). The highest BCUT2D eigenvalue weighted by Gasteiger charge is 2.30. The second-order valence-corrected chi connectivity index (χ2v) is 7.21. The maximum Gasteiger partial charge on any atom is 0.326 e. The topological polar surface area (TPSA) is 268 Å². The maximum absolute atomic E-state index is 12.6. The predicted molar refractivity (Wildman–Crippen MR) is 113 cm³/mol. The van der Waals surface area contributed by atoms with Crippen LogP contribution in [0.25, 0.3) is 0 Å². The lowest BCUT2D eigenvalue weighted by Crippen LogP contribution is -2.57. The Hall–Kier alpha value is -3.40. The molecule has 0 heterocycles. The molecule has 0 rings (SSSR count). The third-order valence-electron chi connectivity index (χ3n) is 4.13. The number of aliphatic carboxylic acids is 3. The largest absolute Gasteiger partial charge is 0.481 e. The number of primary amides is 1. The SMILES string of the molecule is NC(=O)CCC(N)C(=O)NC(CCC(=O)O)C(=O)NC(CS)C(=O)NC(CC(=O)O)C(=O)O. The summed E-state index contributed by atoms with van der Waals surface area (Å²) in [5, 5.41) is 33.0. The van der Waals surface area contributed by atoms with Gasteiger partial charge in [0.05, 0.1) is 12.5 Å². The number of carboxylic acids is 3. The number of nitrogens with one attached hydrogen (secondary N) is 3. The van der Waals surface area contributed by atoms with Crippen molar-refractivity contribution < 1.29 is 48.9 Å². The van der Waals surface area contributed by atoms with Crippen molar-refractivity contribution in [3.63, 3.8) is 0 Å². The second kappa shape index (κ2) is 14.6. The molecule has 0 saturated heterocycles. The number of carbonyl (C=O) groups excluding carboxylic acids is 4. The van der Waals surface area contributed by atoms with E-state index in [4.69, 9.17) is 26.8 Å². The minimum Gasteiger partial charge on any atom is -0.481 e. The molecule has 0 aromatic heterocycles. The molecule has 4 atom stereocenters. The van der Waals surface area contributed by atoms with Crippen molar-refractivity contribution in [3.05, 3.63) is 0 Å². The summed E-state index contributed by atoms with van der Waals surface area (Å²) in [4.78, 5) is 80.7. The van der Waals surface area contributed by atoms with Gasteiger partial charge in [-0.05, 0) is 12.8 Å². The van der Waals surface area contributed by atoms with Crippen LogP contribution >= 0.6 is 12.6 Å². The Morgan fingerprint density at radius 3 is 1.70 bits per heavy atom. The molecule has 0 bridgehead atoms. The molecule has 0 spiro atoms. The van der Waals surface area contributed by atoms with Crippen molar-refractivity contribution in [3.8, 4) is 0 Å². The van der Waals surface area contributed by atoms with Gasteiger partial charge in [-0.25, -0.2) is 4.79 Å². The van der Waals surface area contributed by atoms with Crippen LogP contribution in [0.4, 0.5) is 0 Å². The van der Waals surface area contributed by atoms with Crippen LogP contribution in [0.5, 0.6) is 0 Å². The monoisotopic (exact) mass is 493 g/mol. The van der Waals surface area contributed by atoms with Crippen LogP contribution in [0.15, 0.2) is 0 Å². The predicted octanol–water partition coefficient (Wildman–Crippen LogP) is -3.61. The number of nitrogens with two attached hydrogens (primary N) is 2. The van der Waals surface area contributed by atoms with Crippen molar-refractivity contribution in [2.24, 2.45) is 11.5 Å². The van der Waals surface area contributed by atoms with Gasteiger partial charge in [0.1, 0.15) is 18.1 Å². The summed E-state index contributed by atoms with van der Waals surface area (Å²) in [7, 11) is 0. The van der Waals surface area contributed by atoms with Crippen molar-refractivity contribution in [1.82, 2.24) is 16.0 Å². The van der Waals surface area contributed by atoms with E-state index < -0.39 is 78.5 Å². The summed E-state index contributed by atoms with van der Waals surface area (Å²) in [6, 6.07) is -5.89. The van der Waals surface area contributed by atoms with Crippen LogP contribution in [-0.2, 0) is 33.6 Å². The molecule has 33 heavy (non-hydrogen) atoms. The zero-order valence-corrected chi connectivity index (χ0v) is 18.2. The summed E-state index contributed by atoms with van der Waals surface area (Å²) in [6.07, 6.45) is -2.17. The molecule has 186 valence electrons. The van der Waals surface area contributed by atoms with Gasteiger partial charge in [0.25, 0.3) is 0 Å². The average molecular weight is 493 g/mol. The molecule has 16 heteroatoms. The van der Waals surface area contributed by atoms with Crippen LogP contribution in [0.2, 0.25) is 0 Å². The van der Waals surface area contributed by atoms with Gasteiger partial charge in [-0.1, -0.05) is 0 Å². The number of hydrogen-bond donors (Lipinski definition) is 9. The van der Waals surface area contributed by atoms with Crippen LogP contribution in [0, 0.1) is 0 Å². The Kier molecular flexibility index (Phi) is 13.1. The Morgan fingerprint density at radius 2 is 1.24 bits per heavy atom. The molecular formula is C17H27N5O10S. The number of thiol groups is 1.